The molecule has 4 nitrogen and oxygen atoms in total. The summed E-state index contributed by atoms with van der Waals surface area (Å²) >= 11 is 0. The molecule has 0 saturated carbocycles. The first-order chi connectivity index (χ1) is 12.2. The topological polar surface area (TPSA) is 63.6 Å². The number of carboxylic acids is 1. The average Bonchev–Trinajstić information content (AvgIpc) is 2.62. The van der Waals surface area contributed by atoms with Crippen LogP contribution in [0.1, 0.15) is 85.4 Å². The van der Waals surface area contributed by atoms with Crippen molar-refractivity contribution in [1.82, 2.24) is 0 Å². The number of esters is 1. The number of carbonyl (C=O) groups excluding carboxylic acids is 1. The second-order valence-electron chi connectivity index (χ2n) is 6.16. The molecule has 0 aromatic heterocycles. The Morgan fingerprint density at radius 2 is 1.52 bits per heavy atom. The van der Waals surface area contributed by atoms with Crippen molar-refractivity contribution in [3.05, 3.63) is 47.5 Å². The molecule has 4 heteroatoms. The number of hydrogen-bond acceptors (Lipinski definition) is 3. The molecule has 0 atom stereocenters. The van der Waals surface area contributed by atoms with Gasteiger partial charge in [0.15, 0.2) is 0 Å². The number of carbonyl (C=O) groups is 2. The van der Waals surface area contributed by atoms with E-state index in [9.17, 15) is 9.59 Å². The summed E-state index contributed by atoms with van der Waals surface area (Å²) in [4.78, 5) is 23.0. The minimum absolute atomic E-state index is 0.0134. The fourth-order valence-corrected chi connectivity index (χ4v) is 2.56. The van der Waals surface area contributed by atoms with Crippen molar-refractivity contribution in [2.24, 2.45) is 0 Å². The summed E-state index contributed by atoms with van der Waals surface area (Å²) < 4.78 is 5.19. The molecule has 0 saturated heterocycles. The molecule has 1 aromatic rings. The van der Waals surface area contributed by atoms with Crippen LogP contribution in [0.2, 0.25) is 0 Å². The third-order valence-corrected chi connectivity index (χ3v) is 4.00. The fraction of sp³-hybridized carbons (Fsp3) is 0.524. The van der Waals surface area contributed by atoms with Gasteiger partial charge in [0, 0.05) is 0 Å². The second-order valence-corrected chi connectivity index (χ2v) is 6.16. The van der Waals surface area contributed by atoms with Gasteiger partial charge in [-0.1, -0.05) is 63.3 Å². The Bertz CT molecular complexity index is 549. The minimum atomic E-state index is -1.11. The molecule has 25 heavy (non-hydrogen) atoms. The predicted molar refractivity (Wildman–Crippen MR) is 100 cm³/mol. The van der Waals surface area contributed by atoms with E-state index in [1.807, 2.05) is 0 Å². The van der Waals surface area contributed by atoms with Crippen LogP contribution in [-0.2, 0) is 4.74 Å². The van der Waals surface area contributed by atoms with Crippen LogP contribution in [-0.4, -0.2) is 23.7 Å². The van der Waals surface area contributed by atoms with E-state index in [0.29, 0.717) is 6.61 Å². The summed E-state index contributed by atoms with van der Waals surface area (Å²) in [5.74, 6) is -1.67. The van der Waals surface area contributed by atoms with Crippen molar-refractivity contribution in [3.8, 4) is 0 Å². The normalized spacial score (nSPS) is 10.9. The maximum Gasteiger partial charge on any atom is 0.339 e. The fourth-order valence-electron chi connectivity index (χ4n) is 2.56. The van der Waals surface area contributed by atoms with Gasteiger partial charge in [0.1, 0.15) is 0 Å². The number of carboxylic acid groups (broad SMARTS) is 1. The molecule has 0 unspecified atom stereocenters. The van der Waals surface area contributed by atoms with Crippen LogP contribution >= 0.6 is 0 Å². The van der Waals surface area contributed by atoms with Crippen molar-refractivity contribution in [2.45, 2.75) is 64.7 Å². The Balaban J connectivity index is 2.08. The zero-order valence-electron chi connectivity index (χ0n) is 15.2. The molecule has 0 aliphatic carbocycles. The lowest BCUT2D eigenvalue weighted by atomic mass is 10.1. The lowest BCUT2D eigenvalue weighted by molar-refractivity contribution is 0.0487. The zero-order valence-corrected chi connectivity index (χ0v) is 15.2. The molecule has 138 valence electrons. The van der Waals surface area contributed by atoms with Crippen LogP contribution in [0, 0.1) is 0 Å². The van der Waals surface area contributed by atoms with E-state index in [1.54, 1.807) is 12.1 Å². The highest BCUT2D eigenvalue weighted by Crippen LogP contribution is 2.12. The Hall–Kier alpha value is -2.10. The van der Waals surface area contributed by atoms with Gasteiger partial charge in [0.25, 0.3) is 0 Å². The largest absolute Gasteiger partial charge is 0.478 e. The van der Waals surface area contributed by atoms with E-state index >= 15 is 0 Å². The van der Waals surface area contributed by atoms with E-state index in [4.69, 9.17) is 9.84 Å². The van der Waals surface area contributed by atoms with E-state index in [1.165, 1.54) is 50.7 Å². The van der Waals surface area contributed by atoms with Gasteiger partial charge in [0.2, 0.25) is 0 Å². The van der Waals surface area contributed by atoms with Crippen molar-refractivity contribution in [3.63, 3.8) is 0 Å². The first-order valence-electron chi connectivity index (χ1n) is 9.31. The summed E-state index contributed by atoms with van der Waals surface area (Å²) in [5, 5.41) is 9.08. The zero-order chi connectivity index (χ0) is 18.3. The molecule has 0 fully saturated rings. The van der Waals surface area contributed by atoms with Crippen molar-refractivity contribution >= 4 is 11.9 Å². The number of unbranched alkanes of at least 4 members (excludes halogenated alkanes) is 7. The predicted octanol–water partition coefficient (Wildman–Crippen LogP) is 5.63. The maximum absolute atomic E-state index is 12.0. The van der Waals surface area contributed by atoms with Gasteiger partial charge in [-0.2, -0.15) is 0 Å². The number of hydrogen-bond donors (Lipinski definition) is 1. The maximum atomic E-state index is 12.0. The van der Waals surface area contributed by atoms with E-state index in [0.717, 1.165) is 19.3 Å². The first kappa shape index (κ1) is 20.9. The summed E-state index contributed by atoms with van der Waals surface area (Å²) in [7, 11) is 0. The summed E-state index contributed by atoms with van der Waals surface area (Å²) in [6, 6.07) is 6.14. The van der Waals surface area contributed by atoms with E-state index in [-0.39, 0.29) is 11.1 Å². The Morgan fingerprint density at radius 1 is 0.920 bits per heavy atom. The number of benzene rings is 1. The van der Waals surface area contributed by atoms with Crippen LogP contribution in [0.25, 0.3) is 0 Å². The van der Waals surface area contributed by atoms with Crippen LogP contribution in [0.4, 0.5) is 0 Å². The highest BCUT2D eigenvalue weighted by atomic mass is 16.5. The summed E-state index contributed by atoms with van der Waals surface area (Å²) in [5.41, 5.74) is 0.103. The molecule has 1 aromatic carbocycles. The number of ether oxygens (including phenoxy) is 1. The lowest BCUT2D eigenvalue weighted by Gasteiger charge is -2.07. The second kappa shape index (κ2) is 13.2. The highest BCUT2D eigenvalue weighted by molar-refractivity contribution is 6.02. The molecule has 0 bridgehead atoms. The monoisotopic (exact) mass is 346 g/mol. The van der Waals surface area contributed by atoms with Gasteiger partial charge in [-0.25, -0.2) is 9.59 Å². The quantitative estimate of drug-likeness (QED) is 0.286. The SMILES string of the molecule is CCC/C=C/CCCCCCCCOC(=O)c1ccccc1C(=O)O. The van der Waals surface area contributed by atoms with Crippen LogP contribution in [0.15, 0.2) is 36.4 Å². The van der Waals surface area contributed by atoms with Gasteiger partial charge in [-0.15, -0.1) is 0 Å². The molecule has 0 heterocycles. The lowest BCUT2D eigenvalue weighted by Crippen LogP contribution is -2.12. The van der Waals surface area contributed by atoms with Crippen LogP contribution < -0.4 is 0 Å². The van der Waals surface area contributed by atoms with Gasteiger partial charge in [0.05, 0.1) is 17.7 Å². The molecular formula is C21H30O4. The standard InChI is InChI=1S/C21H30O4/c1-2-3-4-5-6-7-8-9-10-11-14-17-25-21(24)19-16-13-12-15-18(19)20(22)23/h4-5,12-13,15-16H,2-3,6-11,14,17H2,1H3,(H,22,23)/b5-4+. The van der Waals surface area contributed by atoms with Gasteiger partial charge in [-0.05, 0) is 37.8 Å². The van der Waals surface area contributed by atoms with E-state index < -0.39 is 11.9 Å². The van der Waals surface area contributed by atoms with Crippen LogP contribution in [0.5, 0.6) is 0 Å². The first-order valence-corrected chi connectivity index (χ1v) is 9.31. The number of aromatic carboxylic acids is 1. The third kappa shape index (κ3) is 9.08. The minimum Gasteiger partial charge on any atom is -0.478 e. The molecule has 0 spiro atoms. The van der Waals surface area contributed by atoms with Crippen molar-refractivity contribution in [1.29, 1.82) is 0 Å². The number of rotatable bonds is 13. The Morgan fingerprint density at radius 3 is 2.20 bits per heavy atom. The molecule has 0 radical (unpaired) electrons. The third-order valence-electron chi connectivity index (χ3n) is 4.00. The van der Waals surface area contributed by atoms with E-state index in [2.05, 4.69) is 19.1 Å². The summed E-state index contributed by atoms with van der Waals surface area (Å²) in [6.07, 6.45) is 14.8. The van der Waals surface area contributed by atoms with Crippen LogP contribution in [0.3, 0.4) is 0 Å². The van der Waals surface area contributed by atoms with Crippen molar-refractivity contribution < 1.29 is 19.4 Å². The molecule has 1 N–H and O–H groups in total. The molecule has 1 rings (SSSR count). The van der Waals surface area contributed by atoms with Gasteiger partial charge in [-0.3, -0.25) is 0 Å². The van der Waals surface area contributed by atoms with Crippen molar-refractivity contribution in [2.75, 3.05) is 6.61 Å². The Labute approximate surface area is 150 Å². The summed E-state index contributed by atoms with van der Waals surface area (Å²) in [6.45, 7) is 2.53. The van der Waals surface area contributed by atoms with Gasteiger partial charge >= 0.3 is 11.9 Å². The number of allylic oxidation sites excluding steroid dienone is 2. The molecule has 0 aliphatic heterocycles. The smallest absolute Gasteiger partial charge is 0.339 e. The Kier molecular flexibility index (Phi) is 11.1. The van der Waals surface area contributed by atoms with Gasteiger partial charge < -0.3 is 9.84 Å². The molecule has 0 aliphatic rings. The molecule has 0 amide bonds. The molecular weight excluding hydrogens is 316 g/mol. The highest BCUT2D eigenvalue weighted by Gasteiger charge is 2.16. The average molecular weight is 346 g/mol.